The van der Waals surface area contributed by atoms with Gasteiger partial charge in [0.1, 0.15) is 6.10 Å². The normalized spacial score (nSPS) is 11.6. The Morgan fingerprint density at radius 2 is 2.35 bits per heavy atom. The molecule has 0 heterocycles. The molecule has 0 amide bonds. The summed E-state index contributed by atoms with van der Waals surface area (Å²) in [5, 5.41) is 19.7. The van der Waals surface area contributed by atoms with E-state index in [1.165, 1.54) is 18.2 Å². The van der Waals surface area contributed by atoms with Crippen molar-refractivity contribution in [3.63, 3.8) is 0 Å². The zero-order valence-corrected chi connectivity index (χ0v) is 9.98. The lowest BCUT2D eigenvalue weighted by molar-refractivity contribution is -0.386. The molecular weight excluding hydrogens is 244 g/mol. The van der Waals surface area contributed by atoms with Gasteiger partial charge in [-0.05, 0) is 18.6 Å². The highest BCUT2D eigenvalue weighted by Crippen LogP contribution is 2.31. The summed E-state index contributed by atoms with van der Waals surface area (Å²) in [6.45, 7) is 1.85. The van der Waals surface area contributed by atoms with E-state index >= 15 is 0 Å². The van der Waals surface area contributed by atoms with E-state index in [2.05, 4.69) is 0 Å². The number of nitro benzene ring substituents is 1. The van der Waals surface area contributed by atoms with Crippen molar-refractivity contribution in [2.45, 2.75) is 25.9 Å². The van der Waals surface area contributed by atoms with Crippen LogP contribution in [0.4, 0.5) is 5.69 Å². The minimum Gasteiger partial charge on any atom is -0.482 e. The fourth-order valence-electron chi connectivity index (χ4n) is 1.28. The van der Waals surface area contributed by atoms with Crippen LogP contribution >= 0.6 is 11.6 Å². The number of halogens is 1. The number of nitriles is 1. The predicted octanol–water partition coefficient (Wildman–Crippen LogP) is 3.32. The second-order valence-corrected chi connectivity index (χ2v) is 3.82. The molecule has 0 fully saturated rings. The van der Waals surface area contributed by atoms with Crippen molar-refractivity contribution in [3.05, 3.63) is 33.3 Å². The van der Waals surface area contributed by atoms with Crippen LogP contribution in [-0.4, -0.2) is 11.0 Å². The number of hydrogen-bond donors (Lipinski definition) is 0. The summed E-state index contributed by atoms with van der Waals surface area (Å²) >= 11 is 5.68. The van der Waals surface area contributed by atoms with Crippen molar-refractivity contribution in [1.29, 1.82) is 5.26 Å². The number of hydrogen-bond acceptors (Lipinski definition) is 4. The third-order valence-corrected chi connectivity index (χ3v) is 2.42. The maximum Gasteiger partial charge on any atom is 0.312 e. The van der Waals surface area contributed by atoms with Gasteiger partial charge in [0.25, 0.3) is 0 Å². The summed E-state index contributed by atoms with van der Waals surface area (Å²) in [4.78, 5) is 10.2. The highest BCUT2D eigenvalue weighted by atomic mass is 35.5. The molecule has 0 spiro atoms. The Balaban J connectivity index is 2.97. The van der Waals surface area contributed by atoms with Crippen molar-refractivity contribution in [2.75, 3.05) is 0 Å². The molecule has 90 valence electrons. The predicted molar refractivity (Wildman–Crippen MR) is 63.0 cm³/mol. The Bertz CT molecular complexity index is 457. The van der Waals surface area contributed by atoms with Crippen LogP contribution in [0.25, 0.3) is 0 Å². The molecule has 1 aromatic rings. The zero-order chi connectivity index (χ0) is 12.8. The van der Waals surface area contributed by atoms with Crippen LogP contribution in [0.2, 0.25) is 5.02 Å². The molecule has 6 heteroatoms. The monoisotopic (exact) mass is 254 g/mol. The smallest absolute Gasteiger partial charge is 0.312 e. The van der Waals surface area contributed by atoms with Crippen LogP contribution in [0.1, 0.15) is 19.8 Å². The van der Waals surface area contributed by atoms with Crippen molar-refractivity contribution in [1.82, 2.24) is 0 Å². The van der Waals surface area contributed by atoms with Crippen molar-refractivity contribution >= 4 is 17.3 Å². The van der Waals surface area contributed by atoms with Gasteiger partial charge in [0.2, 0.25) is 0 Å². The first-order valence-corrected chi connectivity index (χ1v) is 5.43. The molecule has 0 saturated carbocycles. The molecule has 1 rings (SSSR count). The lowest BCUT2D eigenvalue weighted by Gasteiger charge is -2.14. The molecular formula is C11H11ClN2O3. The largest absolute Gasteiger partial charge is 0.482 e. The third kappa shape index (κ3) is 3.61. The Labute approximate surface area is 104 Å². The number of nitrogens with zero attached hydrogens (tertiary/aromatic N) is 2. The van der Waals surface area contributed by atoms with Gasteiger partial charge in [0, 0.05) is 11.1 Å². The van der Waals surface area contributed by atoms with Crippen molar-refractivity contribution in [3.8, 4) is 11.8 Å². The van der Waals surface area contributed by atoms with Gasteiger partial charge in [-0.2, -0.15) is 5.26 Å². The topological polar surface area (TPSA) is 76.2 Å². The van der Waals surface area contributed by atoms with Gasteiger partial charge >= 0.3 is 5.69 Å². The minimum atomic E-state index is -0.555. The summed E-state index contributed by atoms with van der Waals surface area (Å²) in [6.07, 6.45) is 0.448. The highest BCUT2D eigenvalue weighted by Gasteiger charge is 2.18. The SMILES string of the molecule is CCC(CC#N)Oc1ccc(Cl)cc1[N+](=O)[O-]. The van der Waals surface area contributed by atoms with E-state index in [1.807, 2.05) is 13.0 Å². The maximum atomic E-state index is 10.8. The number of nitro groups is 1. The molecule has 0 aliphatic rings. The minimum absolute atomic E-state index is 0.140. The summed E-state index contributed by atoms with van der Waals surface area (Å²) in [5.41, 5.74) is -0.186. The van der Waals surface area contributed by atoms with Gasteiger partial charge in [-0.3, -0.25) is 10.1 Å². The molecule has 1 unspecified atom stereocenters. The molecule has 1 atom stereocenters. The Hall–Kier alpha value is -1.80. The van der Waals surface area contributed by atoms with Crippen LogP contribution < -0.4 is 4.74 Å². The molecule has 0 aliphatic heterocycles. The Morgan fingerprint density at radius 1 is 1.65 bits per heavy atom. The Kier molecular flexibility index (Phi) is 4.73. The van der Waals surface area contributed by atoms with Gasteiger partial charge in [-0.1, -0.05) is 18.5 Å². The Morgan fingerprint density at radius 3 is 2.88 bits per heavy atom. The van der Waals surface area contributed by atoms with Crippen LogP contribution in [0.15, 0.2) is 18.2 Å². The molecule has 0 aliphatic carbocycles. The van der Waals surface area contributed by atoms with E-state index in [-0.39, 0.29) is 29.0 Å². The first-order valence-electron chi connectivity index (χ1n) is 5.06. The maximum absolute atomic E-state index is 10.8. The molecule has 5 nitrogen and oxygen atoms in total. The van der Waals surface area contributed by atoms with Crippen molar-refractivity contribution < 1.29 is 9.66 Å². The van der Waals surface area contributed by atoms with E-state index in [0.717, 1.165) is 0 Å². The molecule has 17 heavy (non-hydrogen) atoms. The van der Waals surface area contributed by atoms with Crippen LogP contribution in [0.3, 0.4) is 0 Å². The van der Waals surface area contributed by atoms with Gasteiger partial charge in [-0.25, -0.2) is 0 Å². The van der Waals surface area contributed by atoms with Crippen LogP contribution in [0.5, 0.6) is 5.75 Å². The van der Waals surface area contributed by atoms with E-state index in [9.17, 15) is 10.1 Å². The standard InChI is InChI=1S/C11H11ClN2O3/c1-2-9(5-6-13)17-11-4-3-8(12)7-10(11)14(15)16/h3-4,7,9H,2,5H2,1H3. The number of benzene rings is 1. The lowest BCUT2D eigenvalue weighted by Crippen LogP contribution is -2.15. The van der Waals surface area contributed by atoms with Crippen LogP contribution in [-0.2, 0) is 0 Å². The van der Waals surface area contributed by atoms with E-state index < -0.39 is 4.92 Å². The first-order chi connectivity index (χ1) is 8.08. The average Bonchev–Trinajstić information content (AvgIpc) is 2.30. The van der Waals surface area contributed by atoms with E-state index in [0.29, 0.717) is 6.42 Å². The van der Waals surface area contributed by atoms with Gasteiger partial charge < -0.3 is 4.74 Å². The summed E-state index contributed by atoms with van der Waals surface area (Å²) < 4.78 is 5.43. The average molecular weight is 255 g/mol. The zero-order valence-electron chi connectivity index (χ0n) is 9.22. The number of rotatable bonds is 5. The molecule has 0 aromatic heterocycles. The fraction of sp³-hybridized carbons (Fsp3) is 0.364. The molecule has 0 radical (unpaired) electrons. The second-order valence-electron chi connectivity index (χ2n) is 3.38. The summed E-state index contributed by atoms with van der Waals surface area (Å²) in [7, 11) is 0. The molecule has 1 aromatic carbocycles. The molecule has 0 saturated heterocycles. The summed E-state index contributed by atoms with van der Waals surface area (Å²) in [6, 6.07) is 6.17. The molecule has 0 N–H and O–H groups in total. The van der Waals surface area contributed by atoms with Gasteiger partial charge in [0.15, 0.2) is 5.75 Å². The molecule has 0 bridgehead atoms. The van der Waals surface area contributed by atoms with E-state index in [4.69, 9.17) is 21.6 Å². The van der Waals surface area contributed by atoms with Gasteiger partial charge in [-0.15, -0.1) is 0 Å². The fourth-order valence-corrected chi connectivity index (χ4v) is 1.45. The second kappa shape index (κ2) is 6.06. The first kappa shape index (κ1) is 13.3. The van der Waals surface area contributed by atoms with E-state index in [1.54, 1.807) is 0 Å². The van der Waals surface area contributed by atoms with Crippen molar-refractivity contribution in [2.24, 2.45) is 0 Å². The lowest BCUT2D eigenvalue weighted by atomic mass is 10.2. The number of ether oxygens (including phenoxy) is 1. The highest BCUT2D eigenvalue weighted by molar-refractivity contribution is 6.30. The van der Waals surface area contributed by atoms with Gasteiger partial charge in [0.05, 0.1) is 17.4 Å². The summed E-state index contributed by atoms with van der Waals surface area (Å²) in [5.74, 6) is 0.140. The quantitative estimate of drug-likeness (QED) is 0.597. The third-order valence-electron chi connectivity index (χ3n) is 2.19. The van der Waals surface area contributed by atoms with Crippen LogP contribution in [0, 0.1) is 21.4 Å².